The number of ketones is 2. The van der Waals surface area contributed by atoms with Gasteiger partial charge in [0.2, 0.25) is 0 Å². The second-order valence-corrected chi connectivity index (χ2v) is 8.34. The number of fused-ring (bicyclic) bond motifs is 1. The van der Waals surface area contributed by atoms with Crippen LogP contribution in [-0.2, 0) is 16.1 Å². The molecule has 1 atom stereocenters. The maximum absolute atomic E-state index is 13.0. The van der Waals surface area contributed by atoms with Crippen molar-refractivity contribution in [3.63, 3.8) is 0 Å². The van der Waals surface area contributed by atoms with E-state index in [1.54, 1.807) is 29.2 Å². The van der Waals surface area contributed by atoms with Crippen LogP contribution in [0, 0.1) is 6.92 Å². The monoisotopic (exact) mass is 418 g/mol. The largest absolute Gasteiger partial charge is 0.324 e. The number of benzene rings is 2. The molecule has 1 heterocycles. The van der Waals surface area contributed by atoms with Crippen molar-refractivity contribution in [3.05, 3.63) is 64.7 Å². The van der Waals surface area contributed by atoms with Gasteiger partial charge in [0.1, 0.15) is 5.78 Å². The van der Waals surface area contributed by atoms with Crippen molar-refractivity contribution in [2.24, 2.45) is 0 Å². The van der Waals surface area contributed by atoms with Crippen molar-refractivity contribution in [1.82, 2.24) is 4.90 Å². The van der Waals surface area contributed by atoms with Gasteiger partial charge in [-0.25, -0.2) is 0 Å². The Bertz CT molecular complexity index is 1060. The van der Waals surface area contributed by atoms with Crippen molar-refractivity contribution in [3.8, 4) is 0 Å². The first-order chi connectivity index (χ1) is 14.9. The second-order valence-electron chi connectivity index (χ2n) is 8.34. The van der Waals surface area contributed by atoms with Crippen LogP contribution >= 0.6 is 0 Å². The topological polar surface area (TPSA) is 83.6 Å². The summed E-state index contributed by atoms with van der Waals surface area (Å²) < 4.78 is 0. The van der Waals surface area contributed by atoms with E-state index in [1.807, 2.05) is 25.1 Å². The van der Waals surface area contributed by atoms with Gasteiger partial charge in [-0.05, 0) is 61.6 Å². The van der Waals surface area contributed by atoms with Crippen molar-refractivity contribution < 1.29 is 19.2 Å². The first-order valence-electron chi connectivity index (χ1n) is 10.8. The zero-order chi connectivity index (χ0) is 22.0. The molecule has 1 fully saturated rings. The zero-order valence-corrected chi connectivity index (χ0v) is 17.6. The van der Waals surface area contributed by atoms with E-state index in [9.17, 15) is 19.2 Å². The quantitative estimate of drug-likeness (QED) is 0.815. The molecule has 2 aromatic carbocycles. The van der Waals surface area contributed by atoms with Crippen LogP contribution in [0.5, 0.6) is 0 Å². The summed E-state index contributed by atoms with van der Waals surface area (Å²) in [6.07, 6.45) is 3.04. The number of rotatable bonds is 3. The number of anilines is 1. The lowest BCUT2D eigenvalue weighted by Gasteiger charge is -2.26. The summed E-state index contributed by atoms with van der Waals surface area (Å²) >= 11 is 0. The Morgan fingerprint density at radius 3 is 2.58 bits per heavy atom. The summed E-state index contributed by atoms with van der Waals surface area (Å²) in [5, 5.41) is 2.90. The van der Waals surface area contributed by atoms with Crippen LogP contribution in [0.1, 0.15) is 70.4 Å². The Labute approximate surface area is 181 Å². The Morgan fingerprint density at radius 1 is 1.00 bits per heavy atom. The fourth-order valence-electron chi connectivity index (χ4n) is 4.40. The van der Waals surface area contributed by atoms with Crippen LogP contribution in [0.2, 0.25) is 0 Å². The normalized spacial score (nSPS) is 19.5. The lowest BCUT2D eigenvalue weighted by atomic mass is 10.0. The van der Waals surface area contributed by atoms with E-state index in [0.29, 0.717) is 55.5 Å². The summed E-state index contributed by atoms with van der Waals surface area (Å²) in [6, 6.07) is 12.0. The van der Waals surface area contributed by atoms with Crippen molar-refractivity contribution in [1.29, 1.82) is 0 Å². The molecule has 0 radical (unpaired) electrons. The minimum atomic E-state index is -0.563. The average Bonchev–Trinajstić information content (AvgIpc) is 3.10. The first kappa shape index (κ1) is 21.0. The molecular formula is C25H26N2O4. The highest BCUT2D eigenvalue weighted by atomic mass is 16.2. The van der Waals surface area contributed by atoms with Crippen molar-refractivity contribution in [2.45, 2.75) is 58.0 Å². The molecule has 160 valence electrons. The molecule has 1 aliphatic heterocycles. The summed E-state index contributed by atoms with van der Waals surface area (Å²) in [4.78, 5) is 52.0. The van der Waals surface area contributed by atoms with Gasteiger partial charge in [0.15, 0.2) is 5.78 Å². The Hall–Kier alpha value is -3.28. The molecule has 0 saturated heterocycles. The Balaban J connectivity index is 1.52. The van der Waals surface area contributed by atoms with E-state index in [4.69, 9.17) is 0 Å². The first-order valence-corrected chi connectivity index (χ1v) is 10.8. The number of carbonyl (C=O) groups is 4. The SMILES string of the molecule is Cc1ccccc1C(=O)Nc1ccc2c(c1)CN(C1CCC(=O)CCCCC1=O)C2=O. The fraction of sp³-hybridized carbons (Fsp3) is 0.360. The molecular weight excluding hydrogens is 392 g/mol. The van der Waals surface area contributed by atoms with Gasteiger partial charge in [-0.1, -0.05) is 18.2 Å². The number of carbonyl (C=O) groups excluding carboxylic acids is 4. The molecule has 31 heavy (non-hydrogen) atoms. The van der Waals surface area contributed by atoms with Gasteiger partial charge in [-0.2, -0.15) is 0 Å². The summed E-state index contributed by atoms with van der Waals surface area (Å²) in [5.74, 6) is -0.199. The van der Waals surface area contributed by atoms with E-state index in [0.717, 1.165) is 17.5 Å². The summed E-state index contributed by atoms with van der Waals surface area (Å²) in [7, 11) is 0. The molecule has 0 spiro atoms. The maximum Gasteiger partial charge on any atom is 0.255 e. The lowest BCUT2D eigenvalue weighted by Crippen LogP contribution is -2.41. The van der Waals surface area contributed by atoms with Gasteiger partial charge < -0.3 is 10.2 Å². The third kappa shape index (κ3) is 4.43. The van der Waals surface area contributed by atoms with Crippen LogP contribution in [0.3, 0.4) is 0 Å². The molecule has 1 unspecified atom stereocenters. The maximum atomic E-state index is 13.0. The highest BCUT2D eigenvalue weighted by Crippen LogP contribution is 2.30. The molecule has 6 heteroatoms. The van der Waals surface area contributed by atoms with E-state index in [-0.39, 0.29) is 23.4 Å². The minimum absolute atomic E-state index is 0.0314. The van der Waals surface area contributed by atoms with E-state index >= 15 is 0 Å². The van der Waals surface area contributed by atoms with E-state index < -0.39 is 6.04 Å². The smallest absolute Gasteiger partial charge is 0.255 e. The number of Topliss-reactive ketones (excluding diaryl/α,β-unsaturated/α-hetero) is 2. The highest BCUT2D eigenvalue weighted by Gasteiger charge is 2.36. The molecule has 4 rings (SSSR count). The van der Waals surface area contributed by atoms with E-state index in [2.05, 4.69) is 5.32 Å². The molecule has 6 nitrogen and oxygen atoms in total. The van der Waals surface area contributed by atoms with Gasteiger partial charge in [0.05, 0.1) is 6.04 Å². The van der Waals surface area contributed by atoms with Crippen LogP contribution in [0.25, 0.3) is 0 Å². The highest BCUT2D eigenvalue weighted by molar-refractivity contribution is 6.06. The summed E-state index contributed by atoms with van der Waals surface area (Å²) in [5.41, 5.74) is 3.43. The number of hydrogen-bond acceptors (Lipinski definition) is 4. The molecule has 2 amide bonds. The molecule has 1 aliphatic carbocycles. The molecule has 1 saturated carbocycles. The van der Waals surface area contributed by atoms with Gasteiger partial charge in [-0.15, -0.1) is 0 Å². The lowest BCUT2D eigenvalue weighted by molar-refractivity contribution is -0.124. The Morgan fingerprint density at radius 2 is 1.77 bits per heavy atom. The van der Waals surface area contributed by atoms with Gasteiger partial charge >= 0.3 is 0 Å². The third-order valence-corrected chi connectivity index (χ3v) is 6.16. The van der Waals surface area contributed by atoms with Crippen LogP contribution < -0.4 is 5.32 Å². The molecule has 0 aromatic heterocycles. The van der Waals surface area contributed by atoms with Crippen LogP contribution in [0.4, 0.5) is 5.69 Å². The average molecular weight is 418 g/mol. The number of hydrogen-bond donors (Lipinski definition) is 1. The van der Waals surface area contributed by atoms with Gasteiger partial charge in [-0.3, -0.25) is 19.2 Å². The predicted octanol–water partition coefficient (Wildman–Crippen LogP) is 4.06. The van der Waals surface area contributed by atoms with Crippen molar-refractivity contribution >= 4 is 29.1 Å². The van der Waals surface area contributed by atoms with E-state index in [1.165, 1.54) is 0 Å². The van der Waals surface area contributed by atoms with Gasteiger partial charge in [0, 0.05) is 42.6 Å². The zero-order valence-electron chi connectivity index (χ0n) is 17.6. The number of nitrogens with zero attached hydrogens (tertiary/aromatic N) is 1. The van der Waals surface area contributed by atoms with Crippen LogP contribution in [0.15, 0.2) is 42.5 Å². The predicted molar refractivity (Wildman–Crippen MR) is 117 cm³/mol. The molecule has 2 aliphatic rings. The Kier molecular flexibility index (Phi) is 5.98. The van der Waals surface area contributed by atoms with Crippen LogP contribution in [-0.4, -0.2) is 34.3 Å². The van der Waals surface area contributed by atoms with Gasteiger partial charge in [0.25, 0.3) is 11.8 Å². The molecule has 1 N–H and O–H groups in total. The second kappa shape index (κ2) is 8.84. The third-order valence-electron chi connectivity index (χ3n) is 6.16. The fourth-order valence-corrected chi connectivity index (χ4v) is 4.40. The van der Waals surface area contributed by atoms with Crippen molar-refractivity contribution in [2.75, 3.05) is 5.32 Å². The number of nitrogens with one attached hydrogen (secondary N) is 1. The standard InChI is InChI=1S/C25H26N2O4/c1-16-6-2-4-8-20(16)24(30)26-18-10-12-21-17(14-18)15-27(25(21)31)22-13-11-19(28)7-3-5-9-23(22)29/h2,4,6,8,10,12,14,22H,3,5,7,9,11,13,15H2,1H3,(H,26,30). The minimum Gasteiger partial charge on any atom is -0.324 e. The number of amides is 2. The molecule has 2 aromatic rings. The molecule has 0 bridgehead atoms. The number of aryl methyl sites for hydroxylation is 1. The summed E-state index contributed by atoms with van der Waals surface area (Å²) in [6.45, 7) is 2.19.